The summed E-state index contributed by atoms with van der Waals surface area (Å²) in [5.74, 6) is 1.71. The smallest absolute Gasteiger partial charge is 0.163 e. The van der Waals surface area contributed by atoms with Gasteiger partial charge in [-0.15, -0.1) is 0 Å². The Bertz CT molecular complexity index is 382. The summed E-state index contributed by atoms with van der Waals surface area (Å²) in [4.78, 5) is 12.3. The standard InChI is InChI=1S/C18H26O/c1-15-9-5-2-3-6-10-16(13-15)14-18(19)17-11-7-4-8-12-17/h4,7-8,11-12,15-16H,2-3,5-6,9-10,13-14H2,1H3. The maximum atomic E-state index is 12.3. The largest absolute Gasteiger partial charge is 0.294 e. The molecule has 0 heterocycles. The predicted octanol–water partition coefficient (Wildman–Crippen LogP) is 5.26. The van der Waals surface area contributed by atoms with Gasteiger partial charge in [0.15, 0.2) is 5.78 Å². The van der Waals surface area contributed by atoms with E-state index in [4.69, 9.17) is 0 Å². The van der Waals surface area contributed by atoms with Gasteiger partial charge in [0.25, 0.3) is 0 Å². The molecule has 1 nitrogen and oxygen atoms in total. The monoisotopic (exact) mass is 258 g/mol. The van der Waals surface area contributed by atoms with E-state index in [-0.39, 0.29) is 0 Å². The lowest BCUT2D eigenvalue weighted by Crippen LogP contribution is -2.12. The molecule has 1 aromatic rings. The minimum Gasteiger partial charge on any atom is -0.294 e. The van der Waals surface area contributed by atoms with Crippen LogP contribution >= 0.6 is 0 Å². The second-order valence-corrected chi connectivity index (χ2v) is 6.19. The van der Waals surface area contributed by atoms with Gasteiger partial charge >= 0.3 is 0 Å². The molecule has 0 spiro atoms. The number of carbonyl (C=O) groups is 1. The van der Waals surface area contributed by atoms with Crippen LogP contribution < -0.4 is 0 Å². The minimum absolute atomic E-state index is 0.331. The van der Waals surface area contributed by atoms with Crippen molar-refractivity contribution in [2.24, 2.45) is 11.8 Å². The van der Waals surface area contributed by atoms with Crippen molar-refractivity contribution in [1.82, 2.24) is 0 Å². The zero-order chi connectivity index (χ0) is 13.5. The number of carbonyl (C=O) groups excluding carboxylic acids is 1. The Labute approximate surface area is 117 Å². The van der Waals surface area contributed by atoms with Crippen molar-refractivity contribution in [3.63, 3.8) is 0 Å². The van der Waals surface area contributed by atoms with Gasteiger partial charge in [-0.25, -0.2) is 0 Å². The first-order valence-corrected chi connectivity index (χ1v) is 7.84. The number of hydrogen-bond acceptors (Lipinski definition) is 1. The molecule has 0 amide bonds. The Morgan fingerprint density at radius 1 is 1.05 bits per heavy atom. The molecule has 1 aliphatic carbocycles. The summed E-state index contributed by atoms with van der Waals surface area (Å²) in [7, 11) is 0. The normalized spacial score (nSPS) is 25.1. The predicted molar refractivity (Wildman–Crippen MR) is 80.4 cm³/mol. The fourth-order valence-corrected chi connectivity index (χ4v) is 3.27. The van der Waals surface area contributed by atoms with Crippen LogP contribution in [0.5, 0.6) is 0 Å². The van der Waals surface area contributed by atoms with Gasteiger partial charge in [0.05, 0.1) is 0 Å². The molecule has 2 atom stereocenters. The van der Waals surface area contributed by atoms with E-state index >= 15 is 0 Å². The molecular formula is C18H26O. The molecule has 1 aliphatic rings. The van der Waals surface area contributed by atoms with Crippen molar-refractivity contribution in [3.05, 3.63) is 35.9 Å². The molecule has 0 aromatic heterocycles. The summed E-state index contributed by atoms with van der Waals surface area (Å²) < 4.78 is 0. The molecule has 104 valence electrons. The molecule has 2 rings (SSSR count). The van der Waals surface area contributed by atoms with E-state index in [1.54, 1.807) is 0 Å². The lowest BCUT2D eigenvalue weighted by molar-refractivity contribution is 0.0951. The van der Waals surface area contributed by atoms with Crippen LogP contribution in [0.3, 0.4) is 0 Å². The van der Waals surface area contributed by atoms with Crippen molar-refractivity contribution in [2.75, 3.05) is 0 Å². The third-order valence-corrected chi connectivity index (χ3v) is 4.36. The number of hydrogen-bond donors (Lipinski definition) is 0. The van der Waals surface area contributed by atoms with E-state index in [1.165, 1.54) is 44.9 Å². The van der Waals surface area contributed by atoms with E-state index in [9.17, 15) is 4.79 Å². The Balaban J connectivity index is 1.93. The Morgan fingerprint density at radius 2 is 1.74 bits per heavy atom. The fourth-order valence-electron chi connectivity index (χ4n) is 3.27. The molecule has 0 radical (unpaired) electrons. The highest BCUT2D eigenvalue weighted by Crippen LogP contribution is 2.28. The minimum atomic E-state index is 0.331. The van der Waals surface area contributed by atoms with E-state index in [0.717, 1.165) is 17.9 Å². The second kappa shape index (κ2) is 7.47. The molecule has 2 unspecified atom stereocenters. The number of rotatable bonds is 3. The number of benzene rings is 1. The topological polar surface area (TPSA) is 17.1 Å². The summed E-state index contributed by atoms with van der Waals surface area (Å²) in [6.07, 6.45) is 9.97. The highest BCUT2D eigenvalue weighted by atomic mass is 16.1. The SMILES string of the molecule is CC1CCCCCCC(CC(=O)c2ccccc2)C1. The number of ketones is 1. The average Bonchev–Trinajstić information content (AvgIpc) is 2.52. The maximum Gasteiger partial charge on any atom is 0.163 e. The second-order valence-electron chi connectivity index (χ2n) is 6.19. The van der Waals surface area contributed by atoms with Crippen molar-refractivity contribution in [1.29, 1.82) is 0 Å². The van der Waals surface area contributed by atoms with Gasteiger partial charge in [-0.05, 0) is 18.3 Å². The Kier molecular flexibility index (Phi) is 5.62. The Morgan fingerprint density at radius 3 is 2.47 bits per heavy atom. The Hall–Kier alpha value is -1.11. The molecule has 0 aliphatic heterocycles. The lowest BCUT2D eigenvalue weighted by Gasteiger charge is -2.19. The van der Waals surface area contributed by atoms with Crippen LogP contribution in [-0.2, 0) is 0 Å². The highest BCUT2D eigenvalue weighted by Gasteiger charge is 2.19. The zero-order valence-electron chi connectivity index (χ0n) is 12.1. The van der Waals surface area contributed by atoms with Crippen LogP contribution in [0.15, 0.2) is 30.3 Å². The molecule has 1 heteroatoms. The van der Waals surface area contributed by atoms with E-state index in [1.807, 2.05) is 30.3 Å². The van der Waals surface area contributed by atoms with E-state index in [0.29, 0.717) is 11.7 Å². The van der Waals surface area contributed by atoms with E-state index in [2.05, 4.69) is 6.92 Å². The van der Waals surface area contributed by atoms with Gasteiger partial charge in [-0.2, -0.15) is 0 Å². The quantitative estimate of drug-likeness (QED) is 0.676. The highest BCUT2D eigenvalue weighted by molar-refractivity contribution is 5.96. The lowest BCUT2D eigenvalue weighted by atomic mass is 9.86. The average molecular weight is 258 g/mol. The summed E-state index contributed by atoms with van der Waals surface area (Å²) in [5.41, 5.74) is 0.884. The fraction of sp³-hybridized carbons (Fsp3) is 0.611. The van der Waals surface area contributed by atoms with Crippen molar-refractivity contribution >= 4 is 5.78 Å². The summed E-state index contributed by atoms with van der Waals surface area (Å²) in [5, 5.41) is 0. The maximum absolute atomic E-state index is 12.3. The first kappa shape index (κ1) is 14.3. The van der Waals surface area contributed by atoms with Crippen LogP contribution in [0.25, 0.3) is 0 Å². The molecule has 0 saturated heterocycles. The van der Waals surface area contributed by atoms with Gasteiger partial charge in [0.2, 0.25) is 0 Å². The summed E-state index contributed by atoms with van der Waals surface area (Å²) in [6.45, 7) is 2.35. The van der Waals surface area contributed by atoms with Crippen LogP contribution in [0.2, 0.25) is 0 Å². The van der Waals surface area contributed by atoms with Gasteiger partial charge in [-0.1, -0.05) is 75.8 Å². The first-order chi connectivity index (χ1) is 9.25. The third kappa shape index (κ3) is 4.81. The van der Waals surface area contributed by atoms with Crippen LogP contribution in [0.1, 0.15) is 68.6 Å². The van der Waals surface area contributed by atoms with Crippen LogP contribution in [0, 0.1) is 11.8 Å². The zero-order valence-corrected chi connectivity index (χ0v) is 12.1. The van der Waals surface area contributed by atoms with Gasteiger partial charge < -0.3 is 0 Å². The van der Waals surface area contributed by atoms with Crippen molar-refractivity contribution in [3.8, 4) is 0 Å². The summed E-state index contributed by atoms with van der Waals surface area (Å²) in [6, 6.07) is 9.78. The van der Waals surface area contributed by atoms with Gasteiger partial charge in [-0.3, -0.25) is 4.79 Å². The summed E-state index contributed by atoms with van der Waals surface area (Å²) >= 11 is 0. The van der Waals surface area contributed by atoms with Crippen molar-refractivity contribution < 1.29 is 4.79 Å². The van der Waals surface area contributed by atoms with Gasteiger partial charge in [0.1, 0.15) is 0 Å². The number of Topliss-reactive ketones (excluding diaryl/α,β-unsaturated/α-hetero) is 1. The molecule has 1 fully saturated rings. The van der Waals surface area contributed by atoms with Crippen LogP contribution in [0.4, 0.5) is 0 Å². The molecule has 0 N–H and O–H groups in total. The van der Waals surface area contributed by atoms with Crippen LogP contribution in [-0.4, -0.2) is 5.78 Å². The van der Waals surface area contributed by atoms with Crippen molar-refractivity contribution in [2.45, 2.75) is 58.3 Å². The molecule has 19 heavy (non-hydrogen) atoms. The molecule has 1 aromatic carbocycles. The van der Waals surface area contributed by atoms with E-state index < -0.39 is 0 Å². The first-order valence-electron chi connectivity index (χ1n) is 7.84. The molecular weight excluding hydrogens is 232 g/mol. The third-order valence-electron chi connectivity index (χ3n) is 4.36. The van der Waals surface area contributed by atoms with Gasteiger partial charge in [0, 0.05) is 12.0 Å². The molecule has 0 bridgehead atoms. The molecule has 1 saturated carbocycles.